The Hall–Kier alpha value is -2.76. The van der Waals surface area contributed by atoms with E-state index in [0.717, 1.165) is 0 Å². The van der Waals surface area contributed by atoms with Gasteiger partial charge in [-0.25, -0.2) is 4.79 Å². The second-order valence-electron chi connectivity index (χ2n) is 4.87. The molecule has 1 fully saturated rings. The number of rotatable bonds is 6. The van der Waals surface area contributed by atoms with Crippen LogP contribution in [-0.4, -0.2) is 60.3 Å². The summed E-state index contributed by atoms with van der Waals surface area (Å²) in [5, 5.41) is 22.5. The third-order valence-electron chi connectivity index (χ3n) is 3.25. The first-order valence-electron chi connectivity index (χ1n) is 7.26. The number of piperidine rings is 1. The molecule has 1 aliphatic heterocycles. The van der Waals surface area contributed by atoms with E-state index in [9.17, 15) is 14.4 Å². The summed E-state index contributed by atoms with van der Waals surface area (Å²) in [5.74, 6) is -1.93. The molecule has 1 saturated heterocycles. The predicted octanol–water partition coefficient (Wildman–Crippen LogP) is -0.195. The van der Waals surface area contributed by atoms with Crippen molar-refractivity contribution >= 4 is 18.0 Å². The minimum atomic E-state index is -1.19. The Bertz CT molecular complexity index is 518. The van der Waals surface area contributed by atoms with Gasteiger partial charge in [0.05, 0.1) is 6.61 Å². The molecule has 0 saturated carbocycles. The first-order valence-corrected chi connectivity index (χ1v) is 7.26. The van der Waals surface area contributed by atoms with Gasteiger partial charge in [-0.05, 0) is 19.8 Å². The SMILES string of the molecule is CCOC(=O)N1CCC(N/C=C(/C#N)C(=O)NCC(=O)O)CC1. The van der Waals surface area contributed by atoms with Crippen LogP contribution in [0.15, 0.2) is 11.8 Å². The van der Waals surface area contributed by atoms with E-state index >= 15 is 0 Å². The number of nitriles is 1. The van der Waals surface area contributed by atoms with Crippen molar-refractivity contribution in [2.24, 2.45) is 0 Å². The summed E-state index contributed by atoms with van der Waals surface area (Å²) >= 11 is 0. The number of hydrogen-bond acceptors (Lipinski definition) is 6. The molecule has 0 aromatic heterocycles. The smallest absolute Gasteiger partial charge is 0.409 e. The molecule has 9 nitrogen and oxygen atoms in total. The maximum absolute atomic E-state index is 11.6. The number of carbonyl (C=O) groups is 3. The Morgan fingerprint density at radius 1 is 1.39 bits per heavy atom. The van der Waals surface area contributed by atoms with E-state index in [2.05, 4.69) is 10.6 Å². The summed E-state index contributed by atoms with van der Waals surface area (Å²) < 4.78 is 4.92. The van der Waals surface area contributed by atoms with E-state index in [1.165, 1.54) is 6.20 Å². The molecule has 23 heavy (non-hydrogen) atoms. The molecule has 0 aromatic carbocycles. The topological polar surface area (TPSA) is 132 Å². The van der Waals surface area contributed by atoms with Crippen LogP contribution >= 0.6 is 0 Å². The number of likely N-dealkylation sites (tertiary alicyclic amines) is 1. The van der Waals surface area contributed by atoms with Gasteiger partial charge >= 0.3 is 12.1 Å². The van der Waals surface area contributed by atoms with Crippen molar-refractivity contribution in [3.8, 4) is 6.07 Å². The fourth-order valence-corrected chi connectivity index (χ4v) is 2.04. The summed E-state index contributed by atoms with van der Waals surface area (Å²) in [6.07, 6.45) is 2.25. The lowest BCUT2D eigenvalue weighted by atomic mass is 10.1. The highest BCUT2D eigenvalue weighted by molar-refractivity contribution is 5.98. The van der Waals surface area contributed by atoms with Crippen molar-refractivity contribution in [3.05, 3.63) is 11.8 Å². The molecule has 126 valence electrons. The molecular formula is C14H20N4O5. The number of amides is 2. The zero-order chi connectivity index (χ0) is 17.2. The van der Waals surface area contributed by atoms with Gasteiger partial charge in [0.15, 0.2) is 0 Å². The number of nitrogens with zero attached hydrogens (tertiary/aromatic N) is 2. The largest absolute Gasteiger partial charge is 0.480 e. The van der Waals surface area contributed by atoms with Gasteiger partial charge in [-0.15, -0.1) is 0 Å². The van der Waals surface area contributed by atoms with Gasteiger partial charge in [-0.3, -0.25) is 9.59 Å². The molecule has 0 radical (unpaired) electrons. The average Bonchev–Trinajstić information content (AvgIpc) is 2.54. The van der Waals surface area contributed by atoms with Crippen molar-refractivity contribution in [3.63, 3.8) is 0 Å². The monoisotopic (exact) mass is 324 g/mol. The first kappa shape index (κ1) is 18.3. The van der Waals surface area contributed by atoms with Crippen molar-refractivity contribution in [2.75, 3.05) is 26.2 Å². The summed E-state index contributed by atoms with van der Waals surface area (Å²) in [6.45, 7) is 2.58. The number of ether oxygens (including phenoxy) is 1. The van der Waals surface area contributed by atoms with Gasteiger partial charge in [0, 0.05) is 25.3 Å². The number of carboxylic acids is 1. The van der Waals surface area contributed by atoms with Crippen LogP contribution in [0.1, 0.15) is 19.8 Å². The normalized spacial score (nSPS) is 15.5. The molecule has 0 bridgehead atoms. The first-order chi connectivity index (χ1) is 11.0. The summed E-state index contributed by atoms with van der Waals surface area (Å²) in [5.41, 5.74) is -0.195. The van der Waals surface area contributed by atoms with Crippen LogP contribution in [0, 0.1) is 11.3 Å². The second kappa shape index (κ2) is 9.30. The van der Waals surface area contributed by atoms with Gasteiger partial charge in [-0.1, -0.05) is 0 Å². The number of carboxylic acid groups (broad SMARTS) is 1. The van der Waals surface area contributed by atoms with Gasteiger partial charge in [0.25, 0.3) is 5.91 Å². The molecule has 3 N–H and O–H groups in total. The summed E-state index contributed by atoms with van der Waals surface area (Å²) in [4.78, 5) is 35.1. The van der Waals surface area contributed by atoms with Crippen LogP contribution < -0.4 is 10.6 Å². The molecule has 0 atom stereocenters. The highest BCUT2D eigenvalue weighted by Gasteiger charge is 2.23. The third kappa shape index (κ3) is 6.25. The van der Waals surface area contributed by atoms with Gasteiger partial charge < -0.3 is 25.4 Å². The molecule has 0 unspecified atom stereocenters. The van der Waals surface area contributed by atoms with E-state index in [-0.39, 0.29) is 17.7 Å². The quantitative estimate of drug-likeness (QED) is 0.455. The average molecular weight is 324 g/mol. The Morgan fingerprint density at radius 3 is 2.57 bits per heavy atom. The van der Waals surface area contributed by atoms with Crippen LogP contribution in [0.25, 0.3) is 0 Å². The van der Waals surface area contributed by atoms with Gasteiger partial charge in [0.1, 0.15) is 18.2 Å². The number of carbonyl (C=O) groups excluding carboxylic acids is 2. The standard InChI is InChI=1S/C14H20N4O5/c1-2-23-14(22)18-5-3-11(4-6-18)16-8-10(7-15)13(21)17-9-12(19)20/h8,11,16H,2-6,9H2,1H3,(H,17,21)(H,19,20)/b10-8-. The van der Waals surface area contributed by atoms with Crippen molar-refractivity contribution in [1.29, 1.82) is 5.26 Å². The lowest BCUT2D eigenvalue weighted by Gasteiger charge is -2.31. The maximum atomic E-state index is 11.6. The van der Waals surface area contributed by atoms with Crippen LogP contribution in [-0.2, 0) is 14.3 Å². The maximum Gasteiger partial charge on any atom is 0.409 e. The molecule has 9 heteroatoms. The predicted molar refractivity (Wildman–Crippen MR) is 79.1 cm³/mol. The molecule has 1 aliphatic rings. The van der Waals surface area contributed by atoms with Gasteiger partial charge in [-0.2, -0.15) is 5.26 Å². The summed E-state index contributed by atoms with van der Waals surface area (Å²) in [6, 6.07) is 1.74. The van der Waals surface area contributed by atoms with Crippen LogP contribution in [0.4, 0.5) is 4.79 Å². The molecule has 0 aromatic rings. The minimum Gasteiger partial charge on any atom is -0.480 e. The molecular weight excluding hydrogens is 304 g/mol. The zero-order valence-electron chi connectivity index (χ0n) is 12.9. The lowest BCUT2D eigenvalue weighted by molar-refractivity contribution is -0.137. The highest BCUT2D eigenvalue weighted by atomic mass is 16.6. The second-order valence-corrected chi connectivity index (χ2v) is 4.87. The van der Waals surface area contributed by atoms with Crippen LogP contribution in [0.3, 0.4) is 0 Å². The van der Waals surface area contributed by atoms with Crippen molar-refractivity contribution in [1.82, 2.24) is 15.5 Å². The highest BCUT2D eigenvalue weighted by Crippen LogP contribution is 2.11. The Balaban J connectivity index is 2.44. The van der Waals surface area contributed by atoms with E-state index in [4.69, 9.17) is 15.1 Å². The van der Waals surface area contributed by atoms with E-state index < -0.39 is 18.4 Å². The molecule has 1 rings (SSSR count). The molecule has 0 spiro atoms. The lowest BCUT2D eigenvalue weighted by Crippen LogP contribution is -2.44. The molecule has 0 aliphatic carbocycles. The Kier molecular flexibility index (Phi) is 7.39. The van der Waals surface area contributed by atoms with Crippen LogP contribution in [0.2, 0.25) is 0 Å². The third-order valence-corrected chi connectivity index (χ3v) is 3.25. The van der Waals surface area contributed by atoms with Crippen molar-refractivity contribution < 1.29 is 24.2 Å². The molecule has 1 heterocycles. The van der Waals surface area contributed by atoms with E-state index in [1.54, 1.807) is 17.9 Å². The number of hydrogen-bond donors (Lipinski definition) is 3. The van der Waals surface area contributed by atoms with E-state index in [0.29, 0.717) is 32.5 Å². The number of aliphatic carboxylic acids is 1. The summed E-state index contributed by atoms with van der Waals surface area (Å²) in [7, 11) is 0. The number of nitrogens with one attached hydrogen (secondary N) is 2. The fourth-order valence-electron chi connectivity index (χ4n) is 2.04. The Morgan fingerprint density at radius 2 is 2.04 bits per heavy atom. The fraction of sp³-hybridized carbons (Fsp3) is 0.571. The molecule has 2 amide bonds. The zero-order valence-corrected chi connectivity index (χ0v) is 12.9. The van der Waals surface area contributed by atoms with Crippen molar-refractivity contribution in [2.45, 2.75) is 25.8 Å². The van der Waals surface area contributed by atoms with Crippen LogP contribution in [0.5, 0.6) is 0 Å². The Labute approximate surface area is 133 Å². The van der Waals surface area contributed by atoms with Gasteiger partial charge in [0.2, 0.25) is 0 Å². The minimum absolute atomic E-state index is 0.0244. The van der Waals surface area contributed by atoms with E-state index in [1.807, 2.05) is 0 Å².